The Labute approximate surface area is 177 Å². The van der Waals surface area contributed by atoms with Gasteiger partial charge in [-0.05, 0) is 24.3 Å². The summed E-state index contributed by atoms with van der Waals surface area (Å²) in [5.41, 5.74) is 2.00. The minimum Gasteiger partial charge on any atom is -0.497 e. The SMILES string of the molecule is CCC(OCNCC(C)c1nc2cc(C(C)(C)C)[nH]n2n1)Oc1ccc(OC)cc1. The van der Waals surface area contributed by atoms with Crippen LogP contribution < -0.4 is 14.8 Å². The quantitative estimate of drug-likeness (QED) is 0.386. The highest BCUT2D eigenvalue weighted by Crippen LogP contribution is 2.22. The van der Waals surface area contributed by atoms with Crippen molar-refractivity contribution >= 4 is 5.65 Å². The van der Waals surface area contributed by atoms with E-state index in [1.807, 2.05) is 31.2 Å². The Bertz CT molecular complexity index is 895. The third-order valence-corrected chi connectivity index (χ3v) is 4.88. The number of aromatic nitrogens is 4. The molecule has 0 radical (unpaired) electrons. The molecule has 0 amide bonds. The molecule has 3 aromatic rings. The van der Waals surface area contributed by atoms with Crippen LogP contribution in [0.1, 0.15) is 58.5 Å². The molecule has 2 N–H and O–H groups in total. The summed E-state index contributed by atoms with van der Waals surface area (Å²) in [6.45, 7) is 11.7. The second kappa shape index (κ2) is 9.49. The van der Waals surface area contributed by atoms with Crippen molar-refractivity contribution in [1.82, 2.24) is 25.1 Å². The van der Waals surface area contributed by atoms with Crippen LogP contribution in [0.15, 0.2) is 30.3 Å². The lowest BCUT2D eigenvalue weighted by atomic mass is 9.93. The fourth-order valence-electron chi connectivity index (χ4n) is 2.94. The van der Waals surface area contributed by atoms with Crippen LogP contribution in [0.4, 0.5) is 0 Å². The van der Waals surface area contributed by atoms with Crippen molar-refractivity contribution in [3.63, 3.8) is 0 Å². The molecule has 3 rings (SSSR count). The summed E-state index contributed by atoms with van der Waals surface area (Å²) in [7, 11) is 1.64. The molecule has 2 unspecified atom stereocenters. The highest BCUT2D eigenvalue weighted by Gasteiger charge is 2.19. The van der Waals surface area contributed by atoms with Crippen LogP contribution >= 0.6 is 0 Å². The third-order valence-electron chi connectivity index (χ3n) is 4.88. The number of hydrogen-bond acceptors (Lipinski definition) is 6. The number of ether oxygens (including phenoxy) is 3. The molecule has 2 heterocycles. The van der Waals surface area contributed by atoms with Crippen molar-refractivity contribution in [2.75, 3.05) is 20.4 Å². The first kappa shape index (κ1) is 22.1. The van der Waals surface area contributed by atoms with Gasteiger partial charge in [-0.2, -0.15) is 4.63 Å². The summed E-state index contributed by atoms with van der Waals surface area (Å²) in [5, 5.41) is 11.2. The first-order valence-electron chi connectivity index (χ1n) is 10.4. The molecule has 1 aromatic carbocycles. The van der Waals surface area contributed by atoms with Crippen molar-refractivity contribution in [3.8, 4) is 11.5 Å². The zero-order chi connectivity index (χ0) is 21.7. The number of rotatable bonds is 10. The summed E-state index contributed by atoms with van der Waals surface area (Å²) < 4.78 is 18.6. The number of nitrogens with one attached hydrogen (secondary N) is 2. The molecule has 0 aliphatic rings. The van der Waals surface area contributed by atoms with Crippen LogP contribution in [0.3, 0.4) is 0 Å². The number of aromatic amines is 1. The number of fused-ring (bicyclic) bond motifs is 1. The highest BCUT2D eigenvalue weighted by molar-refractivity contribution is 5.40. The first-order valence-corrected chi connectivity index (χ1v) is 10.4. The zero-order valence-corrected chi connectivity index (χ0v) is 18.7. The van der Waals surface area contributed by atoms with Gasteiger partial charge in [-0.1, -0.05) is 34.6 Å². The summed E-state index contributed by atoms with van der Waals surface area (Å²) in [6.07, 6.45) is 0.424. The topological polar surface area (TPSA) is 85.7 Å². The van der Waals surface area contributed by atoms with E-state index < -0.39 is 0 Å². The smallest absolute Gasteiger partial charge is 0.201 e. The molecule has 8 nitrogen and oxygen atoms in total. The Morgan fingerprint density at radius 2 is 1.87 bits per heavy atom. The number of benzene rings is 1. The summed E-state index contributed by atoms with van der Waals surface area (Å²) in [6, 6.07) is 9.54. The Balaban J connectivity index is 1.45. The van der Waals surface area contributed by atoms with Gasteiger partial charge in [-0.3, -0.25) is 10.4 Å². The van der Waals surface area contributed by atoms with Gasteiger partial charge >= 0.3 is 0 Å². The molecule has 0 saturated heterocycles. The summed E-state index contributed by atoms with van der Waals surface area (Å²) in [5.74, 6) is 2.51. The Morgan fingerprint density at radius 3 is 2.47 bits per heavy atom. The molecule has 0 aliphatic carbocycles. The molecular weight excluding hydrogens is 382 g/mol. The average Bonchev–Trinajstić information content (AvgIpc) is 3.30. The van der Waals surface area contributed by atoms with E-state index in [-0.39, 0.29) is 17.6 Å². The highest BCUT2D eigenvalue weighted by atomic mass is 16.7. The normalized spacial score (nSPS) is 14.1. The summed E-state index contributed by atoms with van der Waals surface area (Å²) >= 11 is 0. The molecule has 0 fully saturated rings. The average molecular weight is 416 g/mol. The summed E-state index contributed by atoms with van der Waals surface area (Å²) in [4.78, 5) is 4.65. The molecule has 0 saturated carbocycles. The number of methoxy groups -OCH3 is 1. The predicted octanol–water partition coefficient (Wildman–Crippen LogP) is 3.85. The van der Waals surface area contributed by atoms with Crippen molar-refractivity contribution in [2.45, 2.75) is 58.7 Å². The fraction of sp³-hybridized carbons (Fsp3) is 0.545. The van der Waals surface area contributed by atoms with Crippen molar-refractivity contribution in [1.29, 1.82) is 0 Å². The Hall–Kier alpha value is -2.58. The van der Waals surface area contributed by atoms with Gasteiger partial charge < -0.3 is 14.2 Å². The first-order chi connectivity index (χ1) is 14.3. The molecule has 8 heteroatoms. The molecule has 2 aromatic heterocycles. The second-order valence-electron chi connectivity index (χ2n) is 8.46. The van der Waals surface area contributed by atoms with Gasteiger partial charge in [-0.25, -0.2) is 4.98 Å². The van der Waals surface area contributed by atoms with E-state index in [0.717, 1.165) is 35.1 Å². The largest absolute Gasteiger partial charge is 0.497 e. The van der Waals surface area contributed by atoms with Gasteiger partial charge in [0.25, 0.3) is 0 Å². The maximum atomic E-state index is 5.87. The van der Waals surface area contributed by atoms with E-state index in [9.17, 15) is 0 Å². The third kappa shape index (κ3) is 5.52. The van der Waals surface area contributed by atoms with Crippen LogP contribution in [-0.2, 0) is 10.2 Å². The van der Waals surface area contributed by atoms with Gasteiger partial charge in [0.05, 0.1) is 7.11 Å². The van der Waals surface area contributed by atoms with Crippen LogP contribution in [-0.4, -0.2) is 46.5 Å². The van der Waals surface area contributed by atoms with E-state index >= 15 is 0 Å². The van der Waals surface area contributed by atoms with Crippen molar-refractivity contribution < 1.29 is 14.2 Å². The lowest BCUT2D eigenvalue weighted by molar-refractivity contribution is -0.0879. The van der Waals surface area contributed by atoms with Crippen LogP contribution in [0.25, 0.3) is 5.65 Å². The van der Waals surface area contributed by atoms with Crippen LogP contribution in [0, 0.1) is 0 Å². The number of hydrogen-bond donors (Lipinski definition) is 2. The zero-order valence-electron chi connectivity index (χ0n) is 18.7. The minimum atomic E-state index is -0.319. The van der Waals surface area contributed by atoms with Gasteiger partial charge in [0.2, 0.25) is 6.29 Å². The molecule has 0 aliphatic heterocycles. The molecule has 0 spiro atoms. The van der Waals surface area contributed by atoms with Gasteiger partial charge in [0, 0.05) is 36.1 Å². The molecular formula is C22H33N5O3. The predicted molar refractivity (Wildman–Crippen MR) is 116 cm³/mol. The van der Waals surface area contributed by atoms with Gasteiger partial charge in [0.1, 0.15) is 18.2 Å². The number of H-pyrrole nitrogens is 1. The molecule has 2 atom stereocenters. The van der Waals surface area contributed by atoms with E-state index in [0.29, 0.717) is 13.3 Å². The molecule has 164 valence electrons. The lowest BCUT2D eigenvalue weighted by Crippen LogP contribution is -2.29. The lowest BCUT2D eigenvalue weighted by Gasteiger charge is -2.19. The van der Waals surface area contributed by atoms with E-state index in [1.54, 1.807) is 11.7 Å². The van der Waals surface area contributed by atoms with Crippen molar-refractivity contribution in [2.24, 2.45) is 0 Å². The van der Waals surface area contributed by atoms with E-state index in [1.165, 1.54) is 0 Å². The van der Waals surface area contributed by atoms with Crippen molar-refractivity contribution in [3.05, 3.63) is 41.9 Å². The maximum Gasteiger partial charge on any atom is 0.201 e. The monoisotopic (exact) mass is 415 g/mol. The van der Waals surface area contributed by atoms with Crippen LogP contribution in [0.2, 0.25) is 0 Å². The minimum absolute atomic E-state index is 0.0385. The number of nitrogens with zero attached hydrogens (tertiary/aromatic N) is 3. The van der Waals surface area contributed by atoms with E-state index in [2.05, 4.69) is 54.3 Å². The molecule has 0 bridgehead atoms. The fourth-order valence-corrected chi connectivity index (χ4v) is 2.94. The van der Waals surface area contributed by atoms with Gasteiger partial charge in [-0.15, -0.1) is 5.10 Å². The van der Waals surface area contributed by atoms with Gasteiger partial charge in [0.15, 0.2) is 11.5 Å². The Morgan fingerprint density at radius 1 is 1.17 bits per heavy atom. The standard InChI is InChI=1S/C22H33N5O3/c1-7-20(30-17-10-8-16(28-6)9-11-17)29-14-23-13-15(2)21-24-19-12-18(22(3,4)5)25-27(19)26-21/h8-12,15,20,23,25H,7,13-14H2,1-6H3. The Kier molecular flexibility index (Phi) is 6.99. The van der Waals surface area contributed by atoms with Crippen LogP contribution in [0.5, 0.6) is 11.5 Å². The second-order valence-corrected chi connectivity index (χ2v) is 8.46. The maximum absolute atomic E-state index is 5.87. The van der Waals surface area contributed by atoms with E-state index in [4.69, 9.17) is 14.2 Å². The molecule has 30 heavy (non-hydrogen) atoms.